The fourth-order valence-electron chi connectivity index (χ4n) is 21.9. The maximum Gasteiger partial charge on any atom is 0.407 e. The molecule has 8 rings (SSSR count). The van der Waals surface area contributed by atoms with E-state index in [4.69, 9.17) is 4.74 Å². The van der Waals surface area contributed by atoms with Gasteiger partial charge in [0.1, 0.15) is 0 Å². The van der Waals surface area contributed by atoms with E-state index in [0.717, 1.165) is 0 Å². The van der Waals surface area contributed by atoms with Gasteiger partial charge in [0.25, 0.3) is 0 Å². The first-order valence-electron chi connectivity index (χ1n) is 35.1. The number of rotatable bonds is 18. The molecule has 12 atom stereocenters. The molecule has 0 aliphatic heterocycles. The Labute approximate surface area is 576 Å². The van der Waals surface area contributed by atoms with Gasteiger partial charge in [-0.3, -0.25) is 0 Å². The van der Waals surface area contributed by atoms with E-state index < -0.39 is 72.7 Å². The van der Waals surface area contributed by atoms with Crippen molar-refractivity contribution in [2.75, 3.05) is 7.11 Å². The van der Waals surface area contributed by atoms with Gasteiger partial charge in [0.15, 0.2) is 0 Å². The summed E-state index contributed by atoms with van der Waals surface area (Å²) in [7, 11) is 1.32. The van der Waals surface area contributed by atoms with Crippen LogP contribution in [0.2, 0.25) is 0 Å². The molecule has 2 heterocycles. The zero-order chi connectivity index (χ0) is 73.4. The molecule has 2 aromatic rings. The number of nitrogens with one attached hydrogen (secondary N) is 1. The number of alkyl carbamates (subject to hydrolysis) is 1. The van der Waals surface area contributed by atoms with Gasteiger partial charge in [-0.25, -0.2) is 110 Å². The standard InChI is InChI=1S/C37H58N6O7.C36H54N6O6/c1-32(2)11-25(38-23-44)14-35(7,17-32)20-41-29(47)42(21-36(8)15-26(39-24-45)12-33(3,4)18-36)31(49)43(30(41)48)22-37(9)16-27(40-28(46)50-10)13-34(5,6)19-37;1-31(2)10-25(37-22-43)13-34(7,16-31)19-40-28(46)41(20-35(8)14-26(38-23-44)11-32(3,4)17-35)30(48)42(29(40)47)21-36(9)15-27(39-24-45)12-33(5,6)18-36/h25-27H,11-22H2,1-10H3,(H,40,46);25-27H,10-21H2,1-9H3. The zero-order valence-electron chi connectivity index (χ0n) is 62.2. The van der Waals surface area contributed by atoms with Gasteiger partial charge in [-0.2, -0.15) is 0 Å². The number of methoxy groups -OCH3 is 1. The number of isocyanates is 5. The maximum atomic E-state index is 14.5. The molecular weight excluding hydrogens is 1250 g/mol. The molecule has 0 saturated heterocycles. The van der Waals surface area contributed by atoms with Crippen molar-refractivity contribution in [1.82, 2.24) is 32.7 Å². The monoisotopic (exact) mass is 1360 g/mol. The zero-order valence-corrected chi connectivity index (χ0v) is 62.2. The largest absolute Gasteiger partial charge is 0.453 e. The van der Waals surface area contributed by atoms with Crippen LogP contribution in [0, 0.1) is 65.0 Å². The van der Waals surface area contributed by atoms with Gasteiger partial charge in [0.05, 0.1) is 37.3 Å². The minimum Gasteiger partial charge on any atom is -0.453 e. The summed E-state index contributed by atoms with van der Waals surface area (Å²) >= 11 is 0. The molecule has 25 heteroatoms. The van der Waals surface area contributed by atoms with Crippen LogP contribution < -0.4 is 39.5 Å². The Hall–Kier alpha value is -7.01. The quantitative estimate of drug-likeness (QED) is 0.107. The lowest BCUT2D eigenvalue weighted by atomic mass is 9.62. The average molecular weight is 1370 g/mol. The molecule has 1 amide bonds. The maximum absolute atomic E-state index is 14.5. The molecule has 0 radical (unpaired) electrons. The molecule has 98 heavy (non-hydrogen) atoms. The highest BCUT2D eigenvalue weighted by Crippen LogP contribution is 2.53. The first-order valence-corrected chi connectivity index (χ1v) is 35.1. The number of aliphatic imine (C=N–C) groups is 5. The van der Waals surface area contributed by atoms with Crippen LogP contribution in [0.15, 0.2) is 53.7 Å². The second-order valence-electron chi connectivity index (χ2n) is 38.3. The molecule has 6 aliphatic rings. The lowest BCUT2D eigenvalue weighted by Crippen LogP contribution is -2.59. The summed E-state index contributed by atoms with van der Waals surface area (Å²) in [4.78, 5) is 176. The molecule has 12 unspecified atom stereocenters. The molecular formula is C73H112N12O13. The summed E-state index contributed by atoms with van der Waals surface area (Å²) in [6.45, 7) is 37.5. The van der Waals surface area contributed by atoms with Crippen molar-refractivity contribution in [1.29, 1.82) is 0 Å². The van der Waals surface area contributed by atoms with Crippen LogP contribution in [0.4, 0.5) is 4.79 Å². The highest BCUT2D eigenvalue weighted by molar-refractivity contribution is 5.67. The van der Waals surface area contributed by atoms with Crippen LogP contribution in [0.3, 0.4) is 0 Å². The molecule has 6 fully saturated rings. The summed E-state index contributed by atoms with van der Waals surface area (Å²) in [5, 5.41) is 2.93. The van der Waals surface area contributed by atoms with Crippen LogP contribution >= 0.6 is 0 Å². The summed E-state index contributed by atoms with van der Waals surface area (Å²) in [5.74, 6) is 0. The van der Waals surface area contributed by atoms with E-state index in [2.05, 4.69) is 113 Å². The van der Waals surface area contributed by atoms with Crippen molar-refractivity contribution >= 4 is 36.5 Å². The lowest BCUT2D eigenvalue weighted by molar-refractivity contribution is 0.0460. The molecule has 25 nitrogen and oxygen atoms in total. The number of ether oxygens (including phenoxy) is 1. The second-order valence-corrected chi connectivity index (χ2v) is 38.3. The molecule has 6 aliphatic carbocycles. The second kappa shape index (κ2) is 28.6. The molecule has 0 aromatic carbocycles. The fraction of sp³-hybridized carbons (Fsp3) is 0.836. The minimum atomic E-state index is -0.671. The van der Waals surface area contributed by atoms with Crippen molar-refractivity contribution in [2.45, 2.75) is 316 Å². The Balaban J connectivity index is 0.000000276. The number of hydrogen-bond acceptors (Lipinski definition) is 18. The summed E-state index contributed by atoms with van der Waals surface area (Å²) < 4.78 is 12.1. The minimum absolute atomic E-state index is 0.0499. The number of carbonyl (C=O) groups excluding carboxylic acids is 6. The number of hydrogen-bond donors (Lipinski definition) is 1. The summed E-state index contributed by atoms with van der Waals surface area (Å²) in [6.07, 6.45) is 19.1. The van der Waals surface area contributed by atoms with E-state index in [1.165, 1.54) is 34.5 Å². The highest BCUT2D eigenvalue weighted by Gasteiger charge is 2.50. The van der Waals surface area contributed by atoms with Gasteiger partial charge in [-0.15, -0.1) is 0 Å². The van der Waals surface area contributed by atoms with Crippen molar-refractivity contribution in [3.8, 4) is 0 Å². The van der Waals surface area contributed by atoms with E-state index in [9.17, 15) is 57.5 Å². The average Bonchev–Trinajstić information content (AvgIpc) is 0.769. The predicted octanol–water partition coefficient (Wildman–Crippen LogP) is 9.89. The first-order chi connectivity index (χ1) is 45.0. The van der Waals surface area contributed by atoms with Gasteiger partial charge in [-0.1, -0.05) is 125 Å². The van der Waals surface area contributed by atoms with Crippen LogP contribution in [-0.4, -0.2) is 107 Å². The highest BCUT2D eigenvalue weighted by atomic mass is 16.5. The van der Waals surface area contributed by atoms with Crippen LogP contribution in [0.5, 0.6) is 0 Å². The van der Waals surface area contributed by atoms with Crippen LogP contribution in [0.25, 0.3) is 0 Å². The van der Waals surface area contributed by atoms with Gasteiger partial charge in [0, 0.05) is 45.3 Å². The third-order valence-corrected chi connectivity index (χ3v) is 22.2. The third-order valence-electron chi connectivity index (χ3n) is 22.2. The van der Waals surface area contributed by atoms with Gasteiger partial charge >= 0.3 is 40.2 Å². The Kier molecular flexibility index (Phi) is 22.8. The molecule has 0 spiro atoms. The molecule has 6 saturated carbocycles. The van der Waals surface area contributed by atoms with E-state index in [1.807, 2.05) is 41.5 Å². The van der Waals surface area contributed by atoms with Crippen molar-refractivity contribution < 1.29 is 33.5 Å². The Morgan fingerprint density at radius 1 is 0.327 bits per heavy atom. The van der Waals surface area contributed by atoms with Gasteiger partial charge < -0.3 is 10.1 Å². The first kappa shape index (κ1) is 78.3. The van der Waals surface area contributed by atoms with Crippen molar-refractivity contribution in [2.24, 2.45) is 89.9 Å². The van der Waals surface area contributed by atoms with E-state index in [-0.39, 0.29) is 108 Å². The fourth-order valence-corrected chi connectivity index (χ4v) is 21.9. The molecule has 0 bridgehead atoms. The Morgan fingerprint density at radius 3 is 0.673 bits per heavy atom. The predicted molar refractivity (Wildman–Crippen MR) is 372 cm³/mol. The number of carbonyl (C=O) groups is 1. The van der Waals surface area contributed by atoms with E-state index in [0.29, 0.717) is 116 Å². The van der Waals surface area contributed by atoms with Crippen molar-refractivity contribution in [3.63, 3.8) is 0 Å². The number of aromatic nitrogens is 6. The summed E-state index contributed by atoms with van der Waals surface area (Å²) in [5.41, 5.74) is -8.76. The SMILES string of the molecule is CC1(C)CC(N=C=O)CC(C)(Cn2c(=O)n(CC3(C)CC(N=C=O)CC(C)(C)C3)c(=O)n(CC3(C)CC(N=C=O)CC(C)(C)C3)c2=O)C1.COC(=O)NC1CC(C)(C)CC(C)(Cn2c(=O)n(CC3(C)CC(N=C=O)CC(C)(C)C3)c(=O)n(CC3(C)CC(N=C=O)CC(C)(C)C3)c2=O)C1. The molecule has 1 N–H and O–H groups in total. The topological polar surface area (TPSA) is 317 Å². The normalized spacial score (nSPS) is 33.4. The summed E-state index contributed by atoms with van der Waals surface area (Å²) in [6, 6.07) is -1.72. The third kappa shape index (κ3) is 19.5. The molecule has 542 valence electrons. The number of amides is 1. The van der Waals surface area contributed by atoms with E-state index in [1.54, 1.807) is 30.4 Å². The Bertz CT molecular complexity index is 3660. The Morgan fingerprint density at radius 2 is 0.500 bits per heavy atom. The van der Waals surface area contributed by atoms with Crippen LogP contribution in [0.1, 0.15) is 240 Å². The lowest BCUT2D eigenvalue weighted by Gasteiger charge is -2.47. The van der Waals surface area contributed by atoms with Gasteiger partial charge in [-0.05, 0) is 181 Å². The van der Waals surface area contributed by atoms with Crippen molar-refractivity contribution in [3.05, 3.63) is 62.9 Å². The number of nitrogens with zero attached hydrogens (tertiary/aromatic N) is 11. The van der Waals surface area contributed by atoms with Crippen LogP contribution in [-0.2, 0) is 68.0 Å². The smallest absolute Gasteiger partial charge is 0.407 e. The van der Waals surface area contributed by atoms with E-state index >= 15 is 0 Å². The van der Waals surface area contributed by atoms with Gasteiger partial charge in [0.2, 0.25) is 30.4 Å². The molecule has 2 aromatic heterocycles.